The van der Waals surface area contributed by atoms with E-state index in [1.54, 1.807) is 0 Å². The summed E-state index contributed by atoms with van der Waals surface area (Å²) in [6, 6.07) is 54.2. The highest BCUT2D eigenvalue weighted by molar-refractivity contribution is 6.29. The minimum absolute atomic E-state index is 0.887. The summed E-state index contributed by atoms with van der Waals surface area (Å²) in [7, 11) is 0. The molecule has 3 aromatic heterocycles. The summed E-state index contributed by atoms with van der Waals surface area (Å²) in [6.07, 6.45) is 3.70. The van der Waals surface area contributed by atoms with Crippen molar-refractivity contribution >= 4 is 93.1 Å². The highest BCUT2D eigenvalue weighted by Crippen LogP contribution is 2.47. The zero-order valence-corrected chi connectivity index (χ0v) is 26.8. The van der Waals surface area contributed by atoms with Gasteiger partial charge in [0.25, 0.3) is 0 Å². The second-order valence-corrected chi connectivity index (χ2v) is 13.0. The molecule has 0 aliphatic rings. The van der Waals surface area contributed by atoms with Crippen molar-refractivity contribution in [2.75, 3.05) is 4.90 Å². The molecular weight excluding hydrogens is 611 g/mol. The van der Waals surface area contributed by atoms with Gasteiger partial charge in [-0.05, 0) is 98.7 Å². The van der Waals surface area contributed by atoms with Crippen LogP contribution in [0.4, 0.5) is 17.1 Å². The highest BCUT2D eigenvalue weighted by Gasteiger charge is 2.21. The van der Waals surface area contributed by atoms with Crippen molar-refractivity contribution < 1.29 is 4.42 Å². The lowest BCUT2D eigenvalue weighted by molar-refractivity contribution is 0.669. The fraction of sp³-hybridized carbons (Fsp3) is 0. The number of rotatable bonds is 4. The van der Waals surface area contributed by atoms with E-state index < -0.39 is 0 Å². The molecule has 8 aromatic carbocycles. The lowest BCUT2D eigenvalue weighted by Gasteiger charge is -2.28. The van der Waals surface area contributed by atoms with Crippen LogP contribution in [0.5, 0.6) is 0 Å². The van der Waals surface area contributed by atoms with Gasteiger partial charge in [0.2, 0.25) is 0 Å². The lowest BCUT2D eigenvalue weighted by Crippen LogP contribution is -2.10. The summed E-state index contributed by atoms with van der Waals surface area (Å²) in [6.45, 7) is 0. The maximum atomic E-state index is 6.22. The average molecular weight is 638 g/mol. The molecule has 0 saturated carbocycles. The molecule has 4 nitrogen and oxygen atoms in total. The van der Waals surface area contributed by atoms with Gasteiger partial charge in [0, 0.05) is 50.7 Å². The Hall–Kier alpha value is -6.78. The van der Waals surface area contributed by atoms with Crippen molar-refractivity contribution in [3.63, 3.8) is 0 Å². The summed E-state index contributed by atoms with van der Waals surface area (Å²) in [5, 5.41) is 11.8. The van der Waals surface area contributed by atoms with Gasteiger partial charge in [0.15, 0.2) is 0 Å². The molecule has 0 atom stereocenters. The molecule has 0 amide bonds. The van der Waals surface area contributed by atoms with Crippen LogP contribution in [-0.2, 0) is 0 Å². The molecule has 11 rings (SSSR count). The van der Waals surface area contributed by atoms with Crippen molar-refractivity contribution in [1.29, 1.82) is 0 Å². The van der Waals surface area contributed by atoms with Gasteiger partial charge in [0.05, 0.1) is 16.7 Å². The number of benzene rings is 8. The fourth-order valence-corrected chi connectivity index (χ4v) is 8.07. The van der Waals surface area contributed by atoms with Gasteiger partial charge >= 0.3 is 0 Å². The van der Waals surface area contributed by atoms with Gasteiger partial charge < -0.3 is 9.32 Å². The molecule has 0 radical (unpaired) electrons. The second kappa shape index (κ2) is 10.4. The van der Waals surface area contributed by atoms with Gasteiger partial charge in [-0.2, -0.15) is 0 Å². The standard InChI is InChI=1S/C46H27N3O/c1-2-9-31(10-3-1)49(32-18-23-42-39(27-32)34-11-4-5-13-41(34)50-42)40-22-17-29-15-14-28-16-19-33(35-20-21-37(40)44(29)43(28)35)38-26-30-8-6-24-47-45(30)46-36(38)12-7-25-48-46/h1-27H. The number of anilines is 3. The number of furan rings is 1. The Bertz CT molecular complexity index is 3110. The summed E-state index contributed by atoms with van der Waals surface area (Å²) in [4.78, 5) is 11.9. The van der Waals surface area contributed by atoms with Crippen LogP contribution in [0, 0.1) is 0 Å². The van der Waals surface area contributed by atoms with Crippen molar-refractivity contribution in [3.05, 3.63) is 164 Å². The van der Waals surface area contributed by atoms with Gasteiger partial charge in [0.1, 0.15) is 11.2 Å². The molecule has 3 heterocycles. The molecule has 50 heavy (non-hydrogen) atoms. The number of nitrogens with zero attached hydrogens (tertiary/aromatic N) is 3. The maximum absolute atomic E-state index is 6.22. The lowest BCUT2D eigenvalue weighted by atomic mass is 9.87. The molecule has 4 heteroatoms. The molecule has 0 N–H and O–H groups in total. The first-order valence-electron chi connectivity index (χ1n) is 16.9. The van der Waals surface area contributed by atoms with E-state index in [0.29, 0.717) is 0 Å². The summed E-state index contributed by atoms with van der Waals surface area (Å²) < 4.78 is 6.22. The van der Waals surface area contributed by atoms with E-state index >= 15 is 0 Å². The van der Waals surface area contributed by atoms with Gasteiger partial charge in [-0.1, -0.05) is 91.0 Å². The van der Waals surface area contributed by atoms with Crippen LogP contribution in [0.15, 0.2) is 168 Å². The molecule has 11 aromatic rings. The first kappa shape index (κ1) is 27.2. The SMILES string of the molecule is c1ccc(N(c2ccc3oc4ccccc4c3c2)c2ccc3ccc4ccc(-c5cc6cccnc6c6ncccc56)c5ccc2c3c45)cc1. The van der Waals surface area contributed by atoms with Gasteiger partial charge in [-0.15, -0.1) is 0 Å². The number of pyridine rings is 2. The molecular formula is C46H27N3O. The van der Waals surface area contributed by atoms with Crippen LogP contribution in [0.2, 0.25) is 0 Å². The molecule has 0 aliphatic heterocycles. The van der Waals surface area contributed by atoms with Gasteiger partial charge in [-0.3, -0.25) is 9.97 Å². The zero-order valence-electron chi connectivity index (χ0n) is 26.8. The Morgan fingerprint density at radius 1 is 0.400 bits per heavy atom. The van der Waals surface area contributed by atoms with Crippen molar-refractivity contribution in [3.8, 4) is 11.1 Å². The van der Waals surface area contributed by atoms with E-state index in [1.165, 1.54) is 43.4 Å². The molecule has 0 saturated heterocycles. The van der Waals surface area contributed by atoms with E-state index in [-0.39, 0.29) is 0 Å². The molecule has 0 spiro atoms. The smallest absolute Gasteiger partial charge is 0.135 e. The quantitative estimate of drug-likeness (QED) is 0.180. The molecule has 0 fully saturated rings. The van der Waals surface area contributed by atoms with E-state index in [2.05, 4.69) is 132 Å². The number of hydrogen-bond donors (Lipinski definition) is 0. The highest BCUT2D eigenvalue weighted by atomic mass is 16.3. The summed E-state index contributed by atoms with van der Waals surface area (Å²) in [5.74, 6) is 0. The van der Waals surface area contributed by atoms with E-state index in [1.807, 2.05) is 36.7 Å². The third kappa shape index (κ3) is 3.87. The third-order valence-corrected chi connectivity index (χ3v) is 10.3. The van der Waals surface area contributed by atoms with Crippen LogP contribution in [0.25, 0.3) is 87.2 Å². The van der Waals surface area contributed by atoms with Crippen LogP contribution in [-0.4, -0.2) is 9.97 Å². The summed E-state index contributed by atoms with van der Waals surface area (Å²) in [5.41, 5.74) is 9.30. The van der Waals surface area contributed by atoms with E-state index in [0.717, 1.165) is 60.8 Å². The Balaban J connectivity index is 1.19. The minimum atomic E-state index is 0.887. The fourth-order valence-electron chi connectivity index (χ4n) is 8.07. The van der Waals surface area contributed by atoms with Crippen LogP contribution >= 0.6 is 0 Å². The second-order valence-electron chi connectivity index (χ2n) is 13.0. The molecule has 0 aliphatic carbocycles. The molecule has 232 valence electrons. The minimum Gasteiger partial charge on any atom is -0.456 e. The van der Waals surface area contributed by atoms with Gasteiger partial charge in [-0.25, -0.2) is 0 Å². The van der Waals surface area contributed by atoms with Crippen molar-refractivity contribution in [2.45, 2.75) is 0 Å². The normalized spacial score (nSPS) is 12.0. The Morgan fingerprint density at radius 3 is 2.00 bits per heavy atom. The molecule has 0 unspecified atom stereocenters. The third-order valence-electron chi connectivity index (χ3n) is 10.3. The summed E-state index contributed by atoms with van der Waals surface area (Å²) >= 11 is 0. The first-order valence-corrected chi connectivity index (χ1v) is 16.9. The Labute approximate surface area is 286 Å². The van der Waals surface area contributed by atoms with E-state index in [9.17, 15) is 0 Å². The van der Waals surface area contributed by atoms with Crippen LogP contribution in [0.1, 0.15) is 0 Å². The predicted octanol–water partition coefficient (Wildman–Crippen LogP) is 12.7. The van der Waals surface area contributed by atoms with Crippen molar-refractivity contribution in [1.82, 2.24) is 9.97 Å². The zero-order chi connectivity index (χ0) is 32.8. The number of fused-ring (bicyclic) bond motifs is 6. The largest absolute Gasteiger partial charge is 0.456 e. The topological polar surface area (TPSA) is 42.2 Å². The molecule has 0 bridgehead atoms. The van der Waals surface area contributed by atoms with E-state index in [4.69, 9.17) is 14.4 Å². The predicted molar refractivity (Wildman–Crippen MR) is 208 cm³/mol. The first-order chi connectivity index (χ1) is 24.8. The van der Waals surface area contributed by atoms with Crippen molar-refractivity contribution in [2.24, 2.45) is 0 Å². The number of para-hydroxylation sites is 2. The Kier molecular flexibility index (Phi) is 5.63. The average Bonchev–Trinajstić information content (AvgIpc) is 3.56. The maximum Gasteiger partial charge on any atom is 0.135 e. The monoisotopic (exact) mass is 637 g/mol. The number of hydrogen-bond acceptors (Lipinski definition) is 4. The van der Waals surface area contributed by atoms with Crippen LogP contribution in [0.3, 0.4) is 0 Å². The Morgan fingerprint density at radius 2 is 1.10 bits per heavy atom. The van der Waals surface area contributed by atoms with Crippen LogP contribution < -0.4 is 4.90 Å². The number of aromatic nitrogens is 2.